The number of halogens is 1. The summed E-state index contributed by atoms with van der Waals surface area (Å²) in [7, 11) is 2.78. The molecule has 1 N–H and O–H groups in total. The van der Waals surface area contributed by atoms with Gasteiger partial charge < -0.3 is 5.11 Å². The van der Waals surface area contributed by atoms with Crippen LogP contribution in [-0.2, 0) is 14.1 Å². The van der Waals surface area contributed by atoms with Gasteiger partial charge in [0, 0.05) is 35.9 Å². The van der Waals surface area contributed by atoms with Crippen LogP contribution in [0.2, 0.25) is 0 Å². The predicted molar refractivity (Wildman–Crippen MR) is 88.8 cm³/mol. The van der Waals surface area contributed by atoms with E-state index in [0.29, 0.717) is 5.57 Å². The first-order valence-corrected chi connectivity index (χ1v) is 7.24. The number of hydrogen-bond acceptors (Lipinski definition) is 4. The van der Waals surface area contributed by atoms with Gasteiger partial charge in [0.15, 0.2) is 0 Å². The third-order valence-electron chi connectivity index (χ3n) is 3.58. The van der Waals surface area contributed by atoms with Gasteiger partial charge in [0.05, 0.1) is 5.69 Å². The third kappa shape index (κ3) is 2.14. The molecule has 2 heterocycles. The number of hydrogen-bond donors (Lipinski definition) is 1. The Morgan fingerprint density at radius 1 is 1.23 bits per heavy atom. The Bertz CT molecular complexity index is 967. The standard InChI is InChI=1S/C15H12BrN3O3/c1-18-13(20)11(14(21)19(2)15(18)22)5-8-7-17-12-4-3-9(16)6-10(8)12/h3-7,20H,1-2H3/b8-5+. The van der Waals surface area contributed by atoms with Crippen LogP contribution in [0.4, 0.5) is 5.69 Å². The van der Waals surface area contributed by atoms with Crippen LogP contribution >= 0.6 is 15.9 Å². The molecule has 0 aliphatic carbocycles. The van der Waals surface area contributed by atoms with E-state index < -0.39 is 11.2 Å². The second-order valence-electron chi connectivity index (χ2n) is 4.96. The van der Waals surface area contributed by atoms with E-state index in [2.05, 4.69) is 20.9 Å². The summed E-state index contributed by atoms with van der Waals surface area (Å²) in [5.41, 5.74) is 1.26. The Labute approximate surface area is 133 Å². The number of fused-ring (bicyclic) bond motifs is 1. The van der Waals surface area contributed by atoms with E-state index in [9.17, 15) is 14.7 Å². The molecule has 2 aromatic rings. The molecular weight excluding hydrogens is 350 g/mol. The molecule has 3 rings (SSSR count). The number of aromatic nitrogens is 2. The van der Waals surface area contributed by atoms with Crippen LogP contribution < -0.4 is 11.2 Å². The molecule has 0 bridgehead atoms. The van der Waals surface area contributed by atoms with Crippen molar-refractivity contribution in [2.75, 3.05) is 0 Å². The summed E-state index contributed by atoms with van der Waals surface area (Å²) in [5, 5.41) is 10.1. The zero-order valence-electron chi connectivity index (χ0n) is 11.9. The summed E-state index contributed by atoms with van der Waals surface area (Å²) in [6.07, 6.45) is 3.17. The molecule has 7 heteroatoms. The molecule has 1 aliphatic heterocycles. The van der Waals surface area contributed by atoms with E-state index in [0.717, 1.165) is 24.9 Å². The van der Waals surface area contributed by atoms with Crippen molar-refractivity contribution in [1.82, 2.24) is 9.13 Å². The van der Waals surface area contributed by atoms with Crippen LogP contribution in [0, 0.1) is 0 Å². The summed E-state index contributed by atoms with van der Waals surface area (Å²) in [5.74, 6) is -0.363. The highest BCUT2D eigenvalue weighted by Gasteiger charge is 2.17. The van der Waals surface area contributed by atoms with E-state index in [1.165, 1.54) is 14.1 Å². The van der Waals surface area contributed by atoms with Gasteiger partial charge in [-0.1, -0.05) is 15.9 Å². The lowest BCUT2D eigenvalue weighted by Gasteiger charge is -2.08. The van der Waals surface area contributed by atoms with Crippen LogP contribution in [0.15, 0.2) is 37.3 Å². The minimum absolute atomic E-state index is 0.0545. The first-order chi connectivity index (χ1) is 10.4. The van der Waals surface area contributed by atoms with Gasteiger partial charge >= 0.3 is 5.69 Å². The molecular formula is C15H12BrN3O3. The fourth-order valence-corrected chi connectivity index (χ4v) is 2.68. The van der Waals surface area contributed by atoms with Crippen LogP contribution in [0.25, 0.3) is 11.6 Å². The Morgan fingerprint density at radius 2 is 1.95 bits per heavy atom. The van der Waals surface area contributed by atoms with Gasteiger partial charge in [-0.05, 0) is 24.3 Å². The second kappa shape index (κ2) is 5.10. The third-order valence-corrected chi connectivity index (χ3v) is 4.07. The molecule has 112 valence electrons. The molecule has 0 radical (unpaired) electrons. The SMILES string of the molecule is Cn1c(O)c(/C=C2\C=Nc3ccc(Br)cc32)c(=O)n(C)c1=O. The quantitative estimate of drug-likeness (QED) is 0.841. The lowest BCUT2D eigenvalue weighted by atomic mass is 10.1. The smallest absolute Gasteiger partial charge is 0.333 e. The minimum atomic E-state index is -0.576. The number of rotatable bonds is 1. The fourth-order valence-electron chi connectivity index (χ4n) is 2.32. The number of benzene rings is 1. The monoisotopic (exact) mass is 361 g/mol. The van der Waals surface area contributed by atoms with Gasteiger partial charge in [0.2, 0.25) is 5.88 Å². The van der Waals surface area contributed by atoms with Crippen molar-refractivity contribution in [1.29, 1.82) is 0 Å². The normalized spacial score (nSPS) is 14.6. The van der Waals surface area contributed by atoms with E-state index in [-0.39, 0.29) is 11.4 Å². The van der Waals surface area contributed by atoms with Gasteiger partial charge in [-0.15, -0.1) is 0 Å². The summed E-state index contributed by atoms with van der Waals surface area (Å²) in [6, 6.07) is 5.62. The Hall–Kier alpha value is -2.41. The van der Waals surface area contributed by atoms with E-state index >= 15 is 0 Å². The number of aromatic hydroxyl groups is 1. The molecule has 0 amide bonds. The lowest BCUT2D eigenvalue weighted by molar-refractivity contribution is 0.410. The van der Waals surface area contributed by atoms with Gasteiger partial charge in [0.1, 0.15) is 5.56 Å². The fraction of sp³-hybridized carbons (Fsp3) is 0.133. The summed E-state index contributed by atoms with van der Waals surface area (Å²) in [6.45, 7) is 0. The highest BCUT2D eigenvalue weighted by Crippen LogP contribution is 2.34. The molecule has 0 spiro atoms. The van der Waals surface area contributed by atoms with Crippen molar-refractivity contribution >= 4 is 39.5 Å². The number of aliphatic imine (C=N–C) groups is 1. The molecule has 22 heavy (non-hydrogen) atoms. The molecule has 0 saturated carbocycles. The van der Waals surface area contributed by atoms with Crippen molar-refractivity contribution in [3.63, 3.8) is 0 Å². The molecule has 1 aromatic carbocycles. The molecule has 0 atom stereocenters. The average Bonchev–Trinajstić information content (AvgIpc) is 2.90. The zero-order valence-corrected chi connectivity index (χ0v) is 13.5. The zero-order chi connectivity index (χ0) is 16.0. The summed E-state index contributed by atoms with van der Waals surface area (Å²) < 4.78 is 2.88. The molecule has 0 fully saturated rings. The van der Waals surface area contributed by atoms with Crippen LogP contribution in [0.5, 0.6) is 5.88 Å². The number of allylic oxidation sites excluding steroid dienone is 1. The average molecular weight is 362 g/mol. The van der Waals surface area contributed by atoms with E-state index in [1.807, 2.05) is 18.2 Å². The highest BCUT2D eigenvalue weighted by atomic mass is 79.9. The van der Waals surface area contributed by atoms with Crippen molar-refractivity contribution in [3.8, 4) is 5.88 Å². The van der Waals surface area contributed by atoms with Crippen LogP contribution in [-0.4, -0.2) is 20.5 Å². The van der Waals surface area contributed by atoms with Gasteiger partial charge in [0.25, 0.3) is 5.56 Å². The van der Waals surface area contributed by atoms with Crippen molar-refractivity contribution < 1.29 is 5.11 Å². The van der Waals surface area contributed by atoms with Crippen LogP contribution in [0.1, 0.15) is 11.1 Å². The molecule has 1 aromatic heterocycles. The van der Waals surface area contributed by atoms with Crippen molar-refractivity contribution in [2.45, 2.75) is 0 Å². The first kappa shape index (κ1) is 14.5. The Kier molecular flexibility index (Phi) is 3.37. The predicted octanol–water partition coefficient (Wildman–Crippen LogP) is 1.81. The second-order valence-corrected chi connectivity index (χ2v) is 5.88. The van der Waals surface area contributed by atoms with Gasteiger partial charge in [-0.25, -0.2) is 4.79 Å². The van der Waals surface area contributed by atoms with Gasteiger partial charge in [-0.3, -0.25) is 18.9 Å². The van der Waals surface area contributed by atoms with Crippen LogP contribution in [0.3, 0.4) is 0 Å². The Morgan fingerprint density at radius 3 is 2.68 bits per heavy atom. The van der Waals surface area contributed by atoms with Gasteiger partial charge in [-0.2, -0.15) is 0 Å². The first-order valence-electron chi connectivity index (χ1n) is 6.45. The number of nitrogens with zero attached hydrogens (tertiary/aromatic N) is 3. The van der Waals surface area contributed by atoms with E-state index in [4.69, 9.17) is 0 Å². The maximum atomic E-state index is 12.2. The molecule has 0 unspecified atom stereocenters. The van der Waals surface area contributed by atoms with E-state index in [1.54, 1.807) is 12.3 Å². The van der Waals surface area contributed by atoms with Crippen molar-refractivity contribution in [2.24, 2.45) is 19.1 Å². The molecule has 0 saturated heterocycles. The highest BCUT2D eigenvalue weighted by molar-refractivity contribution is 9.10. The maximum Gasteiger partial charge on any atom is 0.333 e. The maximum absolute atomic E-state index is 12.2. The van der Waals surface area contributed by atoms with Crippen molar-refractivity contribution in [3.05, 3.63) is 54.6 Å². The lowest BCUT2D eigenvalue weighted by Crippen LogP contribution is -2.37. The molecule has 1 aliphatic rings. The summed E-state index contributed by atoms with van der Waals surface area (Å²) >= 11 is 3.40. The topological polar surface area (TPSA) is 76.6 Å². The minimum Gasteiger partial charge on any atom is -0.494 e. The summed E-state index contributed by atoms with van der Waals surface area (Å²) in [4.78, 5) is 28.2. The largest absolute Gasteiger partial charge is 0.494 e. The molecule has 6 nitrogen and oxygen atoms in total. The Balaban J connectivity index is 2.26.